The highest BCUT2D eigenvalue weighted by Crippen LogP contribution is 2.23. The smallest absolute Gasteiger partial charge is 0.349 e. The molecule has 8 heteroatoms. The van der Waals surface area contributed by atoms with Gasteiger partial charge in [0, 0.05) is 12.0 Å². The van der Waals surface area contributed by atoms with Crippen molar-refractivity contribution < 1.29 is 9.53 Å². The van der Waals surface area contributed by atoms with Crippen LogP contribution in [-0.2, 0) is 11.3 Å². The number of nitrogens with one attached hydrogen (secondary N) is 2. The van der Waals surface area contributed by atoms with E-state index in [0.29, 0.717) is 41.1 Å². The zero-order valence-electron chi connectivity index (χ0n) is 15.6. The quantitative estimate of drug-likeness (QED) is 0.713. The summed E-state index contributed by atoms with van der Waals surface area (Å²) < 4.78 is 7.10. The van der Waals surface area contributed by atoms with Gasteiger partial charge >= 0.3 is 11.7 Å². The van der Waals surface area contributed by atoms with E-state index in [9.17, 15) is 14.9 Å². The van der Waals surface area contributed by atoms with Gasteiger partial charge in [-0.05, 0) is 37.1 Å². The molecule has 2 N–H and O–H groups in total. The second-order valence-electron chi connectivity index (χ2n) is 6.74. The molecule has 8 nitrogen and oxygen atoms in total. The van der Waals surface area contributed by atoms with Gasteiger partial charge in [0.15, 0.2) is 0 Å². The fourth-order valence-electron chi connectivity index (χ4n) is 3.42. The molecule has 1 atom stereocenters. The van der Waals surface area contributed by atoms with Crippen molar-refractivity contribution in [3.63, 3.8) is 0 Å². The number of fused-ring (bicyclic) bond motifs is 1. The molecule has 4 rings (SSSR count). The number of nitrogens with zero attached hydrogens (tertiary/aromatic N) is 3. The van der Waals surface area contributed by atoms with Crippen molar-refractivity contribution in [1.29, 1.82) is 5.26 Å². The number of ether oxygens (including phenoxy) is 1. The normalized spacial score (nSPS) is 15.8. The van der Waals surface area contributed by atoms with Crippen LogP contribution in [0.5, 0.6) is 0 Å². The molecule has 146 valence electrons. The first-order valence-corrected chi connectivity index (χ1v) is 9.34. The van der Waals surface area contributed by atoms with Crippen LogP contribution in [0.25, 0.3) is 10.9 Å². The first kappa shape index (κ1) is 18.7. The number of hydrogen-bond acceptors (Lipinski definition) is 5. The Morgan fingerprint density at radius 1 is 1.21 bits per heavy atom. The molecule has 0 spiro atoms. The summed E-state index contributed by atoms with van der Waals surface area (Å²) in [4.78, 5) is 29.5. The number of anilines is 2. The topological polar surface area (TPSA) is 109 Å². The molecular formula is C21H19N5O3. The monoisotopic (exact) mass is 389 g/mol. The van der Waals surface area contributed by atoms with Crippen LogP contribution < -0.4 is 16.3 Å². The lowest BCUT2D eigenvalue weighted by atomic mass is 10.2. The molecule has 0 saturated carbocycles. The van der Waals surface area contributed by atoms with Gasteiger partial charge in [0.25, 0.3) is 0 Å². The summed E-state index contributed by atoms with van der Waals surface area (Å²) in [6, 6.07) is 15.3. The van der Waals surface area contributed by atoms with Crippen LogP contribution in [-0.4, -0.2) is 28.3 Å². The van der Waals surface area contributed by atoms with E-state index in [0.717, 1.165) is 12.8 Å². The molecule has 0 bridgehead atoms. The maximum Gasteiger partial charge on any atom is 0.349 e. The summed E-state index contributed by atoms with van der Waals surface area (Å²) in [7, 11) is 0. The predicted octanol–water partition coefficient (Wildman–Crippen LogP) is 3.09. The number of nitriles is 1. The average Bonchev–Trinajstić information content (AvgIpc) is 3.24. The van der Waals surface area contributed by atoms with Crippen LogP contribution in [0, 0.1) is 11.3 Å². The van der Waals surface area contributed by atoms with Crippen LogP contribution in [0.2, 0.25) is 0 Å². The third kappa shape index (κ3) is 3.95. The van der Waals surface area contributed by atoms with Crippen LogP contribution in [0.15, 0.2) is 53.3 Å². The first-order chi connectivity index (χ1) is 14.2. The highest BCUT2D eigenvalue weighted by atomic mass is 16.5. The predicted molar refractivity (Wildman–Crippen MR) is 109 cm³/mol. The van der Waals surface area contributed by atoms with E-state index in [4.69, 9.17) is 4.74 Å². The van der Waals surface area contributed by atoms with E-state index in [1.165, 1.54) is 4.57 Å². The van der Waals surface area contributed by atoms with E-state index in [1.807, 2.05) is 12.1 Å². The fourth-order valence-corrected chi connectivity index (χ4v) is 3.42. The van der Waals surface area contributed by atoms with E-state index >= 15 is 0 Å². The summed E-state index contributed by atoms with van der Waals surface area (Å²) in [5.74, 6) is 0.350. The standard InChI is InChI=1S/C21H19N5O3/c22-12-14-6-1-3-9-17(14)23-20(27)25-19-16-8-2-4-10-18(16)24-21(28)26(19)13-15-7-5-11-29-15/h1-4,6,8-10,15H,5,7,11,13H2,(H2,23,25,27). The molecular weight excluding hydrogens is 370 g/mol. The molecule has 2 amide bonds. The van der Waals surface area contributed by atoms with E-state index in [-0.39, 0.29) is 6.10 Å². The van der Waals surface area contributed by atoms with Gasteiger partial charge in [-0.2, -0.15) is 10.2 Å². The van der Waals surface area contributed by atoms with Crippen molar-refractivity contribution in [3.8, 4) is 6.07 Å². The Morgan fingerprint density at radius 2 is 2.00 bits per heavy atom. The molecule has 1 aromatic heterocycles. The number of benzene rings is 2. The van der Waals surface area contributed by atoms with Gasteiger partial charge < -0.3 is 10.1 Å². The van der Waals surface area contributed by atoms with Gasteiger partial charge in [-0.3, -0.25) is 9.88 Å². The number of amides is 2. The summed E-state index contributed by atoms with van der Waals surface area (Å²) in [6.45, 7) is 0.968. The number of aromatic nitrogens is 2. The van der Waals surface area contributed by atoms with Crippen molar-refractivity contribution in [2.24, 2.45) is 0 Å². The second kappa shape index (κ2) is 8.12. The molecule has 0 radical (unpaired) electrons. The molecule has 3 aromatic rings. The van der Waals surface area contributed by atoms with Gasteiger partial charge in [-0.15, -0.1) is 0 Å². The lowest BCUT2D eigenvalue weighted by Crippen LogP contribution is -2.33. The number of hydrogen-bond donors (Lipinski definition) is 2. The van der Waals surface area contributed by atoms with Crippen LogP contribution in [0.4, 0.5) is 16.3 Å². The van der Waals surface area contributed by atoms with Crippen LogP contribution in [0.3, 0.4) is 0 Å². The lowest BCUT2D eigenvalue weighted by Gasteiger charge is -2.18. The summed E-state index contributed by atoms with van der Waals surface area (Å²) in [6.07, 6.45) is 1.69. The Kier molecular flexibility index (Phi) is 5.22. The number of carbonyl (C=O) groups excluding carboxylic acids is 1. The molecule has 0 aliphatic carbocycles. The maximum atomic E-state index is 12.7. The van der Waals surface area contributed by atoms with Crippen molar-refractivity contribution in [2.45, 2.75) is 25.5 Å². The summed E-state index contributed by atoms with van der Waals surface area (Å²) in [5, 5.41) is 15.3. The number of urea groups is 1. The fraction of sp³-hybridized carbons (Fsp3) is 0.238. The van der Waals surface area contributed by atoms with Crippen molar-refractivity contribution >= 4 is 28.4 Å². The number of rotatable bonds is 4. The van der Waals surface area contributed by atoms with E-state index in [1.54, 1.807) is 42.5 Å². The van der Waals surface area contributed by atoms with Crippen LogP contribution in [0.1, 0.15) is 18.4 Å². The molecule has 1 aliphatic heterocycles. The number of carbonyl (C=O) groups is 1. The molecule has 29 heavy (non-hydrogen) atoms. The maximum absolute atomic E-state index is 12.7. The van der Waals surface area contributed by atoms with Gasteiger partial charge in [-0.25, -0.2) is 9.59 Å². The Bertz CT molecular complexity index is 1160. The zero-order chi connectivity index (χ0) is 20.2. The third-order valence-corrected chi connectivity index (χ3v) is 4.81. The Morgan fingerprint density at radius 3 is 2.79 bits per heavy atom. The Hall–Kier alpha value is -3.70. The molecule has 2 aromatic carbocycles. The van der Waals surface area contributed by atoms with Gasteiger partial charge in [0.2, 0.25) is 0 Å². The second-order valence-corrected chi connectivity index (χ2v) is 6.74. The molecule has 2 heterocycles. The van der Waals surface area contributed by atoms with Crippen molar-refractivity contribution in [3.05, 3.63) is 64.6 Å². The SMILES string of the molecule is N#Cc1ccccc1NC(=O)Nc1c2ccccc2nc(=O)n1CC1CCCO1. The largest absolute Gasteiger partial charge is 0.376 e. The van der Waals surface area contributed by atoms with E-state index < -0.39 is 11.7 Å². The van der Waals surface area contributed by atoms with E-state index in [2.05, 4.69) is 15.6 Å². The Balaban J connectivity index is 1.70. The molecule has 1 aliphatic rings. The highest BCUT2D eigenvalue weighted by molar-refractivity contribution is 6.04. The molecule has 1 saturated heterocycles. The summed E-state index contributed by atoms with van der Waals surface area (Å²) in [5.41, 5.74) is 0.776. The van der Waals surface area contributed by atoms with Crippen molar-refractivity contribution in [2.75, 3.05) is 17.2 Å². The molecule has 1 fully saturated rings. The van der Waals surface area contributed by atoms with Gasteiger partial charge in [0.05, 0.1) is 29.4 Å². The highest BCUT2D eigenvalue weighted by Gasteiger charge is 2.21. The third-order valence-electron chi connectivity index (χ3n) is 4.81. The lowest BCUT2D eigenvalue weighted by molar-refractivity contribution is 0.0964. The van der Waals surface area contributed by atoms with Crippen molar-refractivity contribution in [1.82, 2.24) is 9.55 Å². The number of para-hydroxylation sites is 2. The summed E-state index contributed by atoms with van der Waals surface area (Å²) >= 11 is 0. The zero-order valence-corrected chi connectivity index (χ0v) is 15.6. The molecule has 1 unspecified atom stereocenters. The van der Waals surface area contributed by atoms with Gasteiger partial charge in [-0.1, -0.05) is 24.3 Å². The van der Waals surface area contributed by atoms with Crippen LogP contribution >= 0.6 is 0 Å². The minimum Gasteiger partial charge on any atom is -0.376 e. The minimum absolute atomic E-state index is 0.0985. The average molecular weight is 389 g/mol. The Labute approximate surface area is 166 Å². The first-order valence-electron chi connectivity index (χ1n) is 9.34. The van der Waals surface area contributed by atoms with Gasteiger partial charge in [0.1, 0.15) is 11.9 Å². The minimum atomic E-state index is -0.551.